The van der Waals surface area contributed by atoms with Crippen LogP contribution in [0, 0.1) is 0 Å². The van der Waals surface area contributed by atoms with Crippen LogP contribution in [-0.4, -0.2) is 46.7 Å². The molecule has 0 aliphatic rings. The number of aromatic nitrogens is 3. The molecule has 3 aromatic rings. The Bertz CT molecular complexity index is 1270. The summed E-state index contributed by atoms with van der Waals surface area (Å²) in [6.45, 7) is 11.6. The average molecular weight is 509 g/mol. The molecule has 0 spiro atoms. The quantitative estimate of drug-likeness (QED) is 0.413. The molecule has 1 amide bonds. The molecular weight excluding hydrogens is 481 g/mol. The van der Waals surface area contributed by atoms with E-state index in [-0.39, 0.29) is 16.3 Å². The Kier molecular flexibility index (Phi) is 7.09. The summed E-state index contributed by atoms with van der Waals surface area (Å²) < 4.78 is 46.6. The first-order chi connectivity index (χ1) is 16.1. The van der Waals surface area contributed by atoms with Crippen LogP contribution < -0.4 is 5.32 Å². The van der Waals surface area contributed by atoms with Gasteiger partial charge in [-0.25, -0.2) is 9.78 Å². The Morgan fingerprint density at radius 3 is 2.46 bits per heavy atom. The van der Waals surface area contributed by atoms with Crippen molar-refractivity contribution in [3.05, 3.63) is 53.5 Å². The number of anilines is 1. The third kappa shape index (κ3) is 6.06. The molecule has 0 saturated carbocycles. The van der Waals surface area contributed by atoms with Crippen LogP contribution in [0.25, 0.3) is 10.9 Å². The zero-order valence-electron chi connectivity index (χ0n) is 20.0. The molecule has 0 saturated heterocycles. The first-order valence-electron chi connectivity index (χ1n) is 10.8. The summed E-state index contributed by atoms with van der Waals surface area (Å²) in [6.07, 6.45) is -3.03. The van der Waals surface area contributed by atoms with Crippen molar-refractivity contribution in [2.75, 3.05) is 11.9 Å². The third-order valence-electron chi connectivity index (χ3n) is 6.03. The highest BCUT2D eigenvalue weighted by Crippen LogP contribution is 2.36. The van der Waals surface area contributed by atoms with E-state index in [4.69, 9.17) is 4.43 Å². The topological polar surface area (TPSA) is 106 Å². The van der Waals surface area contributed by atoms with Crippen molar-refractivity contribution in [1.29, 1.82) is 0 Å². The molecule has 35 heavy (non-hydrogen) atoms. The summed E-state index contributed by atoms with van der Waals surface area (Å²) in [5.41, 5.74) is -1.65. The van der Waals surface area contributed by atoms with E-state index in [1.165, 1.54) is 12.1 Å². The molecule has 0 fully saturated rings. The van der Waals surface area contributed by atoms with Crippen LogP contribution in [0.1, 0.15) is 47.3 Å². The van der Waals surface area contributed by atoms with Crippen molar-refractivity contribution in [3.63, 3.8) is 0 Å². The standard InChI is InChI=1S/C23H27F3N4O4Si/c1-22(2,3)35(4,5)34-10-9-30-13-14-11-18(15(21(32)33)12-17(14)29-30)28-20(31)16-7-6-8-19(27-16)23(24,25)26/h6-8,11-13H,9-10H2,1-5H3,(H,28,31)(H,32,33). The fourth-order valence-electron chi connectivity index (χ4n) is 3.03. The molecule has 188 valence electrons. The van der Waals surface area contributed by atoms with Crippen LogP contribution in [0.5, 0.6) is 0 Å². The predicted octanol–water partition coefficient (Wildman–Crippen LogP) is 5.42. The molecule has 1 aromatic carbocycles. The Morgan fingerprint density at radius 2 is 1.86 bits per heavy atom. The maximum absolute atomic E-state index is 12.9. The Morgan fingerprint density at radius 1 is 1.17 bits per heavy atom. The van der Waals surface area contributed by atoms with Crippen molar-refractivity contribution in [3.8, 4) is 0 Å². The van der Waals surface area contributed by atoms with Gasteiger partial charge in [0.2, 0.25) is 0 Å². The number of benzene rings is 1. The van der Waals surface area contributed by atoms with E-state index in [1.54, 1.807) is 10.9 Å². The number of carbonyl (C=O) groups excluding carboxylic acids is 1. The molecule has 0 bridgehead atoms. The zero-order valence-corrected chi connectivity index (χ0v) is 21.0. The lowest BCUT2D eigenvalue weighted by atomic mass is 10.1. The smallest absolute Gasteiger partial charge is 0.433 e. The minimum atomic E-state index is -4.72. The van der Waals surface area contributed by atoms with E-state index in [0.29, 0.717) is 24.1 Å². The number of nitrogens with zero attached hydrogens (tertiary/aromatic N) is 3. The molecule has 0 aliphatic heterocycles. The van der Waals surface area contributed by atoms with Gasteiger partial charge < -0.3 is 14.8 Å². The first-order valence-corrected chi connectivity index (χ1v) is 13.7. The summed E-state index contributed by atoms with van der Waals surface area (Å²) in [6, 6.07) is 5.64. The van der Waals surface area contributed by atoms with Crippen LogP contribution >= 0.6 is 0 Å². The van der Waals surface area contributed by atoms with Gasteiger partial charge in [-0.05, 0) is 42.4 Å². The van der Waals surface area contributed by atoms with Gasteiger partial charge in [0.05, 0.1) is 29.9 Å². The zero-order chi connectivity index (χ0) is 26.2. The number of halogens is 3. The maximum atomic E-state index is 12.9. The number of aromatic carboxylic acids is 1. The molecule has 0 atom stereocenters. The fourth-order valence-corrected chi connectivity index (χ4v) is 4.07. The van der Waals surface area contributed by atoms with E-state index in [9.17, 15) is 27.9 Å². The molecule has 0 unspecified atom stereocenters. The highest BCUT2D eigenvalue weighted by Gasteiger charge is 2.37. The number of carboxylic acids is 1. The van der Waals surface area contributed by atoms with Gasteiger partial charge in [-0.2, -0.15) is 18.3 Å². The maximum Gasteiger partial charge on any atom is 0.433 e. The highest BCUT2D eigenvalue weighted by atomic mass is 28.4. The number of alkyl halides is 3. The van der Waals surface area contributed by atoms with Crippen molar-refractivity contribution in [2.24, 2.45) is 0 Å². The second kappa shape index (κ2) is 9.42. The summed E-state index contributed by atoms with van der Waals surface area (Å²) in [5.74, 6) is -2.29. The van der Waals surface area contributed by atoms with Gasteiger partial charge in [-0.1, -0.05) is 26.8 Å². The summed E-state index contributed by atoms with van der Waals surface area (Å²) in [4.78, 5) is 27.7. The second-order valence-electron chi connectivity index (χ2n) is 9.62. The van der Waals surface area contributed by atoms with Crippen molar-refractivity contribution in [1.82, 2.24) is 14.8 Å². The number of hydrogen-bond donors (Lipinski definition) is 2. The predicted molar refractivity (Wildman–Crippen MR) is 127 cm³/mol. The number of fused-ring (bicyclic) bond motifs is 1. The second-order valence-corrected chi connectivity index (χ2v) is 14.4. The van der Waals surface area contributed by atoms with E-state index in [1.807, 2.05) is 0 Å². The molecule has 0 aliphatic carbocycles. The lowest BCUT2D eigenvalue weighted by molar-refractivity contribution is -0.141. The molecule has 3 rings (SSSR count). The minimum Gasteiger partial charge on any atom is -0.478 e. The number of rotatable bonds is 7. The Balaban J connectivity index is 1.84. The van der Waals surface area contributed by atoms with E-state index in [2.05, 4.69) is 49.3 Å². The fraction of sp³-hybridized carbons (Fsp3) is 0.391. The van der Waals surface area contributed by atoms with E-state index in [0.717, 1.165) is 18.2 Å². The lowest BCUT2D eigenvalue weighted by Gasteiger charge is -2.36. The molecule has 2 heterocycles. The van der Waals surface area contributed by atoms with Gasteiger partial charge in [0.1, 0.15) is 11.4 Å². The van der Waals surface area contributed by atoms with Crippen LogP contribution in [0.15, 0.2) is 36.5 Å². The van der Waals surface area contributed by atoms with Crippen molar-refractivity contribution < 1.29 is 32.3 Å². The number of hydrogen-bond acceptors (Lipinski definition) is 5. The van der Waals surface area contributed by atoms with Gasteiger partial charge in [0.15, 0.2) is 8.32 Å². The van der Waals surface area contributed by atoms with Crippen LogP contribution in [-0.2, 0) is 17.1 Å². The number of amides is 1. The normalized spacial score (nSPS) is 12.7. The lowest BCUT2D eigenvalue weighted by Crippen LogP contribution is -2.41. The molecule has 8 nitrogen and oxygen atoms in total. The monoisotopic (exact) mass is 508 g/mol. The molecule has 2 N–H and O–H groups in total. The largest absolute Gasteiger partial charge is 0.478 e. The summed E-state index contributed by atoms with van der Waals surface area (Å²) in [7, 11) is -1.94. The molecular formula is C23H27F3N4O4Si. The number of carbonyl (C=O) groups is 2. The van der Waals surface area contributed by atoms with E-state index >= 15 is 0 Å². The SMILES string of the molecule is CC(C)(C)[Si](C)(C)OCCn1cc2cc(NC(=O)c3cccc(C(F)(F)F)n3)c(C(=O)O)cc2n1. The summed E-state index contributed by atoms with van der Waals surface area (Å²) in [5, 5.41) is 17.0. The van der Waals surface area contributed by atoms with Gasteiger partial charge in [0, 0.05) is 11.6 Å². The first kappa shape index (κ1) is 26.4. The van der Waals surface area contributed by atoms with Crippen molar-refractivity contribution in [2.45, 2.75) is 51.6 Å². The third-order valence-corrected chi connectivity index (χ3v) is 10.6. The van der Waals surface area contributed by atoms with Gasteiger partial charge in [-0.3, -0.25) is 9.48 Å². The Labute approximate surface area is 201 Å². The van der Waals surface area contributed by atoms with E-state index < -0.39 is 37.8 Å². The van der Waals surface area contributed by atoms with Crippen LogP contribution in [0.2, 0.25) is 18.1 Å². The van der Waals surface area contributed by atoms with Crippen LogP contribution in [0.3, 0.4) is 0 Å². The molecule has 0 radical (unpaired) electrons. The van der Waals surface area contributed by atoms with Gasteiger partial charge in [0.25, 0.3) is 5.91 Å². The van der Waals surface area contributed by atoms with Gasteiger partial charge in [-0.15, -0.1) is 0 Å². The highest BCUT2D eigenvalue weighted by molar-refractivity contribution is 6.74. The molecule has 2 aromatic heterocycles. The van der Waals surface area contributed by atoms with Gasteiger partial charge >= 0.3 is 12.1 Å². The number of pyridine rings is 1. The summed E-state index contributed by atoms with van der Waals surface area (Å²) >= 11 is 0. The Hall–Kier alpha value is -3.25. The number of carboxylic acid groups (broad SMARTS) is 1. The number of nitrogens with one attached hydrogen (secondary N) is 1. The van der Waals surface area contributed by atoms with Crippen molar-refractivity contribution >= 4 is 36.8 Å². The van der Waals surface area contributed by atoms with Crippen LogP contribution in [0.4, 0.5) is 18.9 Å². The molecule has 12 heteroatoms. The minimum absolute atomic E-state index is 0.0554. The average Bonchev–Trinajstić information content (AvgIpc) is 3.13.